The smallest absolute Gasteiger partial charge is 0.0714 e. The molecule has 3 aliphatic heterocycles. The summed E-state index contributed by atoms with van der Waals surface area (Å²) in [6.07, 6.45) is 7.28. The third kappa shape index (κ3) is 13.5. The maximum absolute atomic E-state index is 6.00. The van der Waals surface area contributed by atoms with Gasteiger partial charge in [-0.25, -0.2) is 0 Å². The van der Waals surface area contributed by atoms with Gasteiger partial charge in [-0.1, -0.05) is 54.9 Å². The Morgan fingerprint density at radius 1 is 0.727 bits per heavy atom. The minimum absolute atomic E-state index is 0.488. The molecule has 0 radical (unpaired) electrons. The van der Waals surface area contributed by atoms with Gasteiger partial charge in [0.1, 0.15) is 0 Å². The predicted octanol–water partition coefficient (Wildman–Crippen LogP) is 6.79. The van der Waals surface area contributed by atoms with Crippen LogP contribution in [0.1, 0.15) is 108 Å². The minimum Gasteiger partial charge on any atom is -0.376 e. The van der Waals surface area contributed by atoms with Crippen LogP contribution in [0.3, 0.4) is 0 Å². The van der Waals surface area contributed by atoms with Crippen LogP contribution in [0.4, 0.5) is 0 Å². The SMILES string of the molecule is CC.CC.CC(C)N1CCC(C(C)(C)C)C1.CC(C)N1CCC(OCCN2CCCCC2)C1. The van der Waals surface area contributed by atoms with Crippen molar-refractivity contribution >= 4 is 0 Å². The van der Waals surface area contributed by atoms with E-state index in [-0.39, 0.29) is 0 Å². The monoisotopic (exact) mass is 469 g/mol. The number of ether oxygens (including phenoxy) is 1. The first-order chi connectivity index (χ1) is 15.7. The Hall–Kier alpha value is -0.160. The van der Waals surface area contributed by atoms with Crippen LogP contribution in [-0.4, -0.2) is 85.3 Å². The molecule has 0 amide bonds. The van der Waals surface area contributed by atoms with Crippen LogP contribution < -0.4 is 0 Å². The fourth-order valence-corrected chi connectivity index (χ4v) is 4.85. The van der Waals surface area contributed by atoms with Crippen LogP contribution in [0.15, 0.2) is 0 Å². The van der Waals surface area contributed by atoms with Crippen LogP contribution in [0.5, 0.6) is 0 Å². The maximum atomic E-state index is 6.00. The molecule has 0 N–H and O–H groups in total. The summed E-state index contributed by atoms with van der Waals surface area (Å²) in [4.78, 5) is 7.67. The molecule has 4 heteroatoms. The molecule has 3 aliphatic rings. The molecule has 33 heavy (non-hydrogen) atoms. The first-order valence-electron chi connectivity index (χ1n) is 14.5. The second kappa shape index (κ2) is 18.2. The third-order valence-electron chi connectivity index (χ3n) is 7.29. The molecule has 0 aromatic rings. The molecule has 2 unspecified atom stereocenters. The molecule has 0 aromatic heterocycles. The van der Waals surface area contributed by atoms with E-state index in [0.29, 0.717) is 17.6 Å². The van der Waals surface area contributed by atoms with Gasteiger partial charge in [0.05, 0.1) is 12.7 Å². The van der Waals surface area contributed by atoms with E-state index in [2.05, 4.69) is 63.2 Å². The highest BCUT2D eigenvalue weighted by Gasteiger charge is 2.32. The number of likely N-dealkylation sites (tertiary alicyclic amines) is 3. The lowest BCUT2D eigenvalue weighted by Gasteiger charge is -2.28. The molecule has 3 fully saturated rings. The molecule has 2 atom stereocenters. The zero-order valence-corrected chi connectivity index (χ0v) is 24.8. The van der Waals surface area contributed by atoms with E-state index >= 15 is 0 Å². The molecule has 0 spiro atoms. The van der Waals surface area contributed by atoms with Gasteiger partial charge in [0.25, 0.3) is 0 Å². The van der Waals surface area contributed by atoms with Crippen LogP contribution >= 0.6 is 0 Å². The molecular formula is C29H63N3O. The highest BCUT2D eigenvalue weighted by molar-refractivity contribution is 4.85. The highest BCUT2D eigenvalue weighted by Crippen LogP contribution is 2.34. The number of rotatable bonds is 6. The first kappa shape index (κ1) is 32.8. The zero-order chi connectivity index (χ0) is 25.4. The van der Waals surface area contributed by atoms with Crippen molar-refractivity contribution in [3.8, 4) is 0 Å². The van der Waals surface area contributed by atoms with E-state index in [1.54, 1.807) is 0 Å². The zero-order valence-electron chi connectivity index (χ0n) is 24.8. The van der Waals surface area contributed by atoms with E-state index in [4.69, 9.17) is 4.74 Å². The second-order valence-electron chi connectivity index (χ2n) is 11.2. The average Bonchev–Trinajstić information content (AvgIpc) is 3.48. The van der Waals surface area contributed by atoms with Crippen molar-refractivity contribution in [1.82, 2.24) is 14.7 Å². The Bertz CT molecular complexity index is 441. The molecule has 200 valence electrons. The minimum atomic E-state index is 0.488. The number of hydrogen-bond donors (Lipinski definition) is 0. The summed E-state index contributed by atoms with van der Waals surface area (Å²) in [5, 5.41) is 0. The third-order valence-corrected chi connectivity index (χ3v) is 7.29. The number of nitrogens with zero attached hydrogens (tertiary/aromatic N) is 3. The van der Waals surface area contributed by atoms with Crippen molar-refractivity contribution in [2.75, 3.05) is 52.4 Å². The lowest BCUT2D eigenvalue weighted by atomic mass is 9.80. The predicted molar refractivity (Wildman–Crippen MR) is 148 cm³/mol. The molecule has 4 nitrogen and oxygen atoms in total. The molecule has 3 heterocycles. The second-order valence-corrected chi connectivity index (χ2v) is 11.2. The Morgan fingerprint density at radius 2 is 1.24 bits per heavy atom. The van der Waals surface area contributed by atoms with Crippen molar-refractivity contribution in [3.63, 3.8) is 0 Å². The van der Waals surface area contributed by atoms with Crippen molar-refractivity contribution in [3.05, 3.63) is 0 Å². The normalized spacial score (nSPS) is 24.6. The Morgan fingerprint density at radius 3 is 1.67 bits per heavy atom. The standard InChI is InChI=1S/C14H28N2O.C11H23N.2C2H6/c1-13(2)16-9-6-14(12-16)17-11-10-15-7-4-3-5-8-15;1-9(2)12-7-6-10(8-12)11(3,4)5;2*1-2/h13-14H,3-12H2,1-2H3;9-10H,6-8H2,1-5H3;2*1-2H3. The van der Waals surface area contributed by atoms with Crippen LogP contribution in [-0.2, 0) is 4.74 Å². The topological polar surface area (TPSA) is 19.0 Å². The molecule has 3 saturated heterocycles. The van der Waals surface area contributed by atoms with Gasteiger partial charge in [0, 0.05) is 38.3 Å². The summed E-state index contributed by atoms with van der Waals surface area (Å²) in [5.74, 6) is 0.903. The van der Waals surface area contributed by atoms with E-state index in [0.717, 1.165) is 31.7 Å². The van der Waals surface area contributed by atoms with Crippen molar-refractivity contribution < 1.29 is 4.74 Å². The summed E-state index contributed by atoms with van der Waals surface area (Å²) in [7, 11) is 0. The highest BCUT2D eigenvalue weighted by atomic mass is 16.5. The van der Waals surface area contributed by atoms with Gasteiger partial charge in [-0.15, -0.1) is 0 Å². The lowest BCUT2D eigenvalue weighted by Crippen LogP contribution is -2.34. The fraction of sp³-hybridized carbons (Fsp3) is 1.00. The molecule has 3 rings (SSSR count). The van der Waals surface area contributed by atoms with Crippen LogP contribution in [0, 0.1) is 11.3 Å². The largest absolute Gasteiger partial charge is 0.376 e. The van der Waals surface area contributed by atoms with E-state index in [1.165, 1.54) is 64.8 Å². The van der Waals surface area contributed by atoms with Crippen molar-refractivity contribution in [1.29, 1.82) is 0 Å². The Balaban J connectivity index is 0.000000564. The molecule has 0 saturated carbocycles. The van der Waals surface area contributed by atoms with Crippen LogP contribution in [0.2, 0.25) is 0 Å². The summed E-state index contributed by atoms with van der Waals surface area (Å²) in [5.41, 5.74) is 0.504. The van der Waals surface area contributed by atoms with Crippen molar-refractivity contribution in [2.24, 2.45) is 11.3 Å². The Labute approximate surface area is 209 Å². The van der Waals surface area contributed by atoms with Gasteiger partial charge < -0.3 is 14.5 Å². The Kier molecular flexibility index (Phi) is 18.1. The average molecular weight is 470 g/mol. The van der Waals surface area contributed by atoms with Gasteiger partial charge in [-0.05, 0) is 84.3 Å². The molecular weight excluding hydrogens is 406 g/mol. The van der Waals surface area contributed by atoms with Crippen molar-refractivity contribution in [2.45, 2.75) is 126 Å². The summed E-state index contributed by atoms with van der Waals surface area (Å²) < 4.78 is 6.00. The van der Waals surface area contributed by atoms with Gasteiger partial charge in [0.15, 0.2) is 0 Å². The van der Waals surface area contributed by atoms with Gasteiger partial charge in [-0.2, -0.15) is 0 Å². The molecule has 0 bridgehead atoms. The summed E-state index contributed by atoms with van der Waals surface area (Å²) in [6.45, 7) is 33.8. The molecule has 0 aliphatic carbocycles. The van der Waals surface area contributed by atoms with Gasteiger partial charge >= 0.3 is 0 Å². The van der Waals surface area contributed by atoms with Gasteiger partial charge in [-0.3, -0.25) is 4.90 Å². The maximum Gasteiger partial charge on any atom is 0.0714 e. The van der Waals surface area contributed by atoms with E-state index in [9.17, 15) is 0 Å². The molecule has 0 aromatic carbocycles. The fourth-order valence-electron chi connectivity index (χ4n) is 4.85. The summed E-state index contributed by atoms with van der Waals surface area (Å²) in [6, 6.07) is 1.41. The van der Waals surface area contributed by atoms with Crippen LogP contribution in [0.25, 0.3) is 0 Å². The van der Waals surface area contributed by atoms with Gasteiger partial charge in [0.2, 0.25) is 0 Å². The lowest BCUT2D eigenvalue weighted by molar-refractivity contribution is 0.0378. The number of piperidine rings is 1. The number of hydrogen-bond acceptors (Lipinski definition) is 4. The van der Waals surface area contributed by atoms with E-state index in [1.807, 2.05) is 27.7 Å². The first-order valence-corrected chi connectivity index (χ1v) is 14.5. The van der Waals surface area contributed by atoms with E-state index < -0.39 is 0 Å². The quantitative estimate of drug-likeness (QED) is 0.426. The summed E-state index contributed by atoms with van der Waals surface area (Å²) >= 11 is 0.